The second-order valence-electron chi connectivity index (χ2n) is 4.70. The fraction of sp³-hybridized carbons (Fsp3) is 0.429. The molecule has 0 aliphatic carbocycles. The Hall–Kier alpha value is -1.95. The van der Waals surface area contributed by atoms with E-state index in [1.165, 1.54) is 12.1 Å². The zero-order valence-corrected chi connectivity index (χ0v) is 11.5. The largest absolute Gasteiger partial charge is 0.355 e. The lowest BCUT2D eigenvalue weighted by Crippen LogP contribution is -2.38. The van der Waals surface area contributed by atoms with Gasteiger partial charge in [0.05, 0.1) is 13.0 Å². The molecule has 110 valence electrons. The standard InChI is InChI=1S/C14H20FN3O2/c1-10(16)5-6-17-14(20)9-18-13(19)8-11-3-2-4-12(15)7-11/h2-4,7,10H,5-6,8-9,16H2,1H3,(H,17,20)(H,18,19). The van der Waals surface area contributed by atoms with Gasteiger partial charge in [-0.25, -0.2) is 4.39 Å². The first kappa shape index (κ1) is 16.1. The van der Waals surface area contributed by atoms with Gasteiger partial charge in [0, 0.05) is 12.6 Å². The van der Waals surface area contributed by atoms with Crippen molar-refractivity contribution >= 4 is 11.8 Å². The fourth-order valence-electron chi connectivity index (χ4n) is 1.58. The highest BCUT2D eigenvalue weighted by atomic mass is 19.1. The molecular weight excluding hydrogens is 261 g/mol. The number of nitrogens with one attached hydrogen (secondary N) is 2. The average molecular weight is 281 g/mol. The van der Waals surface area contributed by atoms with Crippen molar-refractivity contribution in [2.45, 2.75) is 25.8 Å². The summed E-state index contributed by atoms with van der Waals surface area (Å²) in [6.07, 6.45) is 0.730. The van der Waals surface area contributed by atoms with Gasteiger partial charge in [-0.1, -0.05) is 12.1 Å². The van der Waals surface area contributed by atoms with Gasteiger partial charge in [-0.05, 0) is 31.0 Å². The third-order valence-corrected chi connectivity index (χ3v) is 2.62. The second kappa shape index (κ2) is 8.27. The lowest BCUT2D eigenvalue weighted by Gasteiger charge is -2.08. The van der Waals surface area contributed by atoms with Crippen LogP contribution in [0.4, 0.5) is 4.39 Å². The molecule has 0 fully saturated rings. The molecule has 0 radical (unpaired) electrons. The highest BCUT2D eigenvalue weighted by Gasteiger charge is 2.07. The Balaban J connectivity index is 2.24. The van der Waals surface area contributed by atoms with Gasteiger partial charge in [0.2, 0.25) is 11.8 Å². The maximum atomic E-state index is 12.9. The Labute approximate surface area is 117 Å². The summed E-state index contributed by atoms with van der Waals surface area (Å²) in [4.78, 5) is 23.0. The van der Waals surface area contributed by atoms with Crippen molar-refractivity contribution in [2.24, 2.45) is 5.73 Å². The van der Waals surface area contributed by atoms with Gasteiger partial charge >= 0.3 is 0 Å². The van der Waals surface area contributed by atoms with Crippen molar-refractivity contribution in [3.05, 3.63) is 35.6 Å². The van der Waals surface area contributed by atoms with Gasteiger partial charge in [0.25, 0.3) is 0 Å². The maximum Gasteiger partial charge on any atom is 0.239 e. The molecule has 20 heavy (non-hydrogen) atoms. The normalized spacial score (nSPS) is 11.8. The maximum absolute atomic E-state index is 12.9. The van der Waals surface area contributed by atoms with E-state index in [4.69, 9.17) is 5.73 Å². The summed E-state index contributed by atoms with van der Waals surface area (Å²) in [6, 6.07) is 5.83. The van der Waals surface area contributed by atoms with Crippen LogP contribution in [0.1, 0.15) is 18.9 Å². The van der Waals surface area contributed by atoms with Crippen LogP contribution < -0.4 is 16.4 Å². The molecule has 4 N–H and O–H groups in total. The minimum Gasteiger partial charge on any atom is -0.355 e. The van der Waals surface area contributed by atoms with Crippen LogP contribution in [-0.2, 0) is 16.0 Å². The Bertz CT molecular complexity index is 463. The van der Waals surface area contributed by atoms with Crippen LogP contribution in [0.3, 0.4) is 0 Å². The fourth-order valence-corrected chi connectivity index (χ4v) is 1.58. The highest BCUT2D eigenvalue weighted by Crippen LogP contribution is 2.03. The van der Waals surface area contributed by atoms with Gasteiger partial charge in [-0.2, -0.15) is 0 Å². The summed E-state index contributed by atoms with van der Waals surface area (Å²) in [6.45, 7) is 2.25. The summed E-state index contributed by atoms with van der Waals surface area (Å²) in [5.41, 5.74) is 6.12. The van der Waals surface area contributed by atoms with Gasteiger partial charge in [-0.3, -0.25) is 9.59 Å². The minimum absolute atomic E-state index is 0.0258. The predicted molar refractivity (Wildman–Crippen MR) is 74.4 cm³/mol. The zero-order valence-electron chi connectivity index (χ0n) is 11.5. The molecule has 0 aliphatic heterocycles. The van der Waals surface area contributed by atoms with E-state index in [0.717, 1.165) is 0 Å². The van der Waals surface area contributed by atoms with Crippen LogP contribution in [0, 0.1) is 5.82 Å². The zero-order chi connectivity index (χ0) is 15.0. The smallest absolute Gasteiger partial charge is 0.239 e. The van der Waals surface area contributed by atoms with Crippen molar-refractivity contribution in [1.29, 1.82) is 0 Å². The number of benzene rings is 1. The topological polar surface area (TPSA) is 84.2 Å². The SMILES string of the molecule is CC(N)CCNC(=O)CNC(=O)Cc1cccc(F)c1. The van der Waals surface area contributed by atoms with E-state index in [1.54, 1.807) is 12.1 Å². The Morgan fingerprint density at radius 2 is 2.05 bits per heavy atom. The molecule has 0 saturated heterocycles. The Morgan fingerprint density at radius 1 is 1.30 bits per heavy atom. The molecule has 6 heteroatoms. The highest BCUT2D eigenvalue weighted by molar-refractivity contribution is 5.85. The van der Waals surface area contributed by atoms with Crippen molar-refractivity contribution in [1.82, 2.24) is 10.6 Å². The molecule has 0 saturated carbocycles. The Kier molecular flexibility index (Phi) is 6.66. The number of amides is 2. The predicted octanol–water partition coefficient (Wildman–Crippen LogP) is 0.338. The molecule has 1 atom stereocenters. The van der Waals surface area contributed by atoms with Crippen LogP contribution in [0.25, 0.3) is 0 Å². The van der Waals surface area contributed by atoms with Crippen LogP contribution in [0.5, 0.6) is 0 Å². The minimum atomic E-state index is -0.385. The number of halogens is 1. The van der Waals surface area contributed by atoms with E-state index in [2.05, 4.69) is 10.6 Å². The first-order valence-electron chi connectivity index (χ1n) is 6.51. The van der Waals surface area contributed by atoms with Crippen molar-refractivity contribution in [2.75, 3.05) is 13.1 Å². The summed E-state index contributed by atoms with van der Waals surface area (Å²) >= 11 is 0. The lowest BCUT2D eigenvalue weighted by molar-refractivity contribution is -0.125. The monoisotopic (exact) mass is 281 g/mol. The van der Waals surface area contributed by atoms with Crippen LogP contribution in [0.15, 0.2) is 24.3 Å². The molecule has 1 aromatic rings. The third-order valence-electron chi connectivity index (χ3n) is 2.62. The average Bonchev–Trinajstić information content (AvgIpc) is 2.36. The number of rotatable bonds is 7. The van der Waals surface area contributed by atoms with Crippen molar-refractivity contribution in [3.63, 3.8) is 0 Å². The van der Waals surface area contributed by atoms with E-state index < -0.39 is 0 Å². The van der Waals surface area contributed by atoms with Gasteiger partial charge in [0.1, 0.15) is 5.82 Å². The molecule has 0 aliphatic rings. The number of hydrogen-bond donors (Lipinski definition) is 3. The van der Waals surface area contributed by atoms with E-state index >= 15 is 0 Å². The summed E-state index contributed by atoms with van der Waals surface area (Å²) in [5, 5.41) is 5.13. The number of carbonyl (C=O) groups is 2. The second-order valence-corrected chi connectivity index (χ2v) is 4.70. The molecule has 0 spiro atoms. The van der Waals surface area contributed by atoms with Gasteiger partial charge < -0.3 is 16.4 Å². The van der Waals surface area contributed by atoms with Gasteiger partial charge in [0.15, 0.2) is 0 Å². The van der Waals surface area contributed by atoms with E-state index in [0.29, 0.717) is 18.5 Å². The molecule has 5 nitrogen and oxygen atoms in total. The molecule has 2 amide bonds. The lowest BCUT2D eigenvalue weighted by atomic mass is 10.1. The van der Waals surface area contributed by atoms with E-state index in [1.807, 2.05) is 6.92 Å². The third kappa shape index (κ3) is 6.84. The van der Waals surface area contributed by atoms with Crippen molar-refractivity contribution in [3.8, 4) is 0 Å². The van der Waals surface area contributed by atoms with E-state index in [9.17, 15) is 14.0 Å². The number of hydrogen-bond acceptors (Lipinski definition) is 3. The molecule has 1 aromatic carbocycles. The molecule has 0 bridgehead atoms. The van der Waals surface area contributed by atoms with Gasteiger partial charge in [-0.15, -0.1) is 0 Å². The van der Waals surface area contributed by atoms with Crippen molar-refractivity contribution < 1.29 is 14.0 Å². The first-order valence-corrected chi connectivity index (χ1v) is 6.51. The molecule has 1 unspecified atom stereocenters. The number of nitrogens with two attached hydrogens (primary N) is 1. The summed E-state index contributed by atoms with van der Waals surface area (Å²) < 4.78 is 12.9. The summed E-state index contributed by atoms with van der Waals surface area (Å²) in [7, 11) is 0. The van der Waals surface area contributed by atoms with Crippen LogP contribution >= 0.6 is 0 Å². The first-order chi connectivity index (χ1) is 9.47. The molecule has 0 heterocycles. The van der Waals surface area contributed by atoms with E-state index in [-0.39, 0.29) is 36.6 Å². The Morgan fingerprint density at radius 3 is 2.70 bits per heavy atom. The molecule has 0 aromatic heterocycles. The quantitative estimate of drug-likeness (QED) is 0.674. The summed E-state index contributed by atoms with van der Waals surface area (Å²) in [5.74, 6) is -0.972. The number of carbonyl (C=O) groups excluding carboxylic acids is 2. The van der Waals surface area contributed by atoms with Crippen LogP contribution in [0.2, 0.25) is 0 Å². The van der Waals surface area contributed by atoms with Crippen LogP contribution in [-0.4, -0.2) is 30.9 Å². The molecular formula is C14H20FN3O2. The molecule has 1 rings (SSSR count).